The van der Waals surface area contributed by atoms with Gasteiger partial charge < -0.3 is 10.1 Å². The lowest BCUT2D eigenvalue weighted by Gasteiger charge is -2.16. The summed E-state index contributed by atoms with van der Waals surface area (Å²) in [4.78, 5) is 24.8. The summed E-state index contributed by atoms with van der Waals surface area (Å²) in [7, 11) is 1.25. The topological polar surface area (TPSA) is 97.0 Å². The molecule has 0 aliphatic carbocycles. The number of ether oxygens (including phenoxy) is 1. The zero-order chi connectivity index (χ0) is 23.1. The smallest absolute Gasteiger partial charge is 0.328 e. The Morgan fingerprint density at radius 2 is 1.91 bits per heavy atom. The molecule has 0 saturated carbocycles. The number of hydrogen-bond acceptors (Lipinski definition) is 5. The fourth-order valence-corrected chi connectivity index (χ4v) is 3.47. The van der Waals surface area contributed by atoms with Crippen LogP contribution >= 0.6 is 23.2 Å². The summed E-state index contributed by atoms with van der Waals surface area (Å²) >= 11 is 12.1. The van der Waals surface area contributed by atoms with Gasteiger partial charge in [0.15, 0.2) is 0 Å². The van der Waals surface area contributed by atoms with Gasteiger partial charge in [0.2, 0.25) is 0 Å². The molecule has 0 aliphatic heterocycles. The van der Waals surface area contributed by atoms with E-state index < -0.39 is 17.9 Å². The van der Waals surface area contributed by atoms with Crippen LogP contribution in [0.15, 0.2) is 60.9 Å². The Labute approximate surface area is 194 Å². The van der Waals surface area contributed by atoms with E-state index in [1.165, 1.54) is 13.3 Å². The number of halogens is 2. The summed E-state index contributed by atoms with van der Waals surface area (Å²) in [6, 6.07) is 13.3. The molecule has 2 aromatic carbocycles. The molecule has 0 radical (unpaired) electrons. The number of aromatic nitrogens is 2. The zero-order valence-electron chi connectivity index (χ0n) is 17.0. The van der Waals surface area contributed by atoms with Gasteiger partial charge in [-0.1, -0.05) is 53.6 Å². The molecule has 0 bridgehead atoms. The summed E-state index contributed by atoms with van der Waals surface area (Å²) in [6.45, 7) is 0. The van der Waals surface area contributed by atoms with Gasteiger partial charge in [-0.2, -0.15) is 10.4 Å². The van der Waals surface area contributed by atoms with Crippen molar-refractivity contribution in [1.82, 2.24) is 15.1 Å². The number of hydrogen-bond donors (Lipinski definition) is 1. The molecule has 1 heterocycles. The van der Waals surface area contributed by atoms with Crippen LogP contribution in [-0.4, -0.2) is 34.8 Å². The van der Waals surface area contributed by atoms with E-state index in [1.54, 1.807) is 35.2 Å². The van der Waals surface area contributed by atoms with Crippen LogP contribution in [0.2, 0.25) is 10.0 Å². The number of amides is 1. The Bertz CT molecular complexity index is 1180. The predicted octanol–water partition coefficient (Wildman–Crippen LogP) is 4.43. The van der Waals surface area contributed by atoms with Crippen molar-refractivity contribution in [3.8, 4) is 11.8 Å². The molecule has 1 N–H and O–H groups in total. The predicted molar refractivity (Wildman–Crippen MR) is 122 cm³/mol. The second-order valence-corrected chi connectivity index (χ2v) is 7.48. The average Bonchev–Trinajstić information content (AvgIpc) is 3.27. The molecule has 1 aromatic heterocycles. The molecule has 3 aromatic rings. The van der Waals surface area contributed by atoms with Crippen LogP contribution in [-0.2, 0) is 9.53 Å². The minimum absolute atomic E-state index is 0.0995. The molecule has 0 fully saturated rings. The van der Waals surface area contributed by atoms with Crippen molar-refractivity contribution < 1.29 is 14.3 Å². The third kappa shape index (κ3) is 5.55. The van der Waals surface area contributed by atoms with E-state index in [4.69, 9.17) is 33.2 Å². The van der Waals surface area contributed by atoms with Gasteiger partial charge >= 0.3 is 5.97 Å². The SMILES string of the molecule is COC(=O)C(C/C=C/c1ccc(-n2cc(C#N)cn2)cc1)NC(=O)c1c(Cl)cccc1Cl. The fraction of sp³-hybridized carbons (Fsp3) is 0.130. The Morgan fingerprint density at radius 1 is 1.22 bits per heavy atom. The summed E-state index contributed by atoms with van der Waals surface area (Å²) < 4.78 is 6.41. The maximum absolute atomic E-state index is 12.6. The highest BCUT2D eigenvalue weighted by atomic mass is 35.5. The molecule has 1 atom stereocenters. The van der Waals surface area contributed by atoms with Gasteiger partial charge in [-0.05, 0) is 36.2 Å². The normalized spacial score (nSPS) is 11.7. The van der Waals surface area contributed by atoms with Crippen molar-refractivity contribution >= 4 is 41.2 Å². The lowest BCUT2D eigenvalue weighted by molar-refractivity contribution is -0.142. The van der Waals surface area contributed by atoms with E-state index in [0.717, 1.165) is 11.3 Å². The Morgan fingerprint density at radius 3 is 2.50 bits per heavy atom. The van der Waals surface area contributed by atoms with Crippen LogP contribution in [0, 0.1) is 11.3 Å². The van der Waals surface area contributed by atoms with Crippen LogP contribution in [0.25, 0.3) is 11.8 Å². The van der Waals surface area contributed by atoms with Gasteiger partial charge in [-0.25, -0.2) is 9.48 Å². The number of benzene rings is 2. The highest BCUT2D eigenvalue weighted by Gasteiger charge is 2.23. The number of rotatable bonds is 7. The van der Waals surface area contributed by atoms with Crippen molar-refractivity contribution in [2.45, 2.75) is 12.5 Å². The lowest BCUT2D eigenvalue weighted by atomic mass is 10.1. The standard InChI is InChI=1S/C23H18Cl2N4O3/c1-32-23(31)20(28-22(30)21-18(24)5-3-6-19(21)25)7-2-4-15-8-10-17(11-9-15)29-14-16(12-26)13-27-29/h2-6,8-11,13-14,20H,7H2,1H3,(H,28,30)/b4-2+. The number of carbonyl (C=O) groups excluding carboxylic acids is 2. The Balaban J connectivity index is 1.68. The van der Waals surface area contributed by atoms with Crippen LogP contribution < -0.4 is 5.32 Å². The van der Waals surface area contributed by atoms with Crippen molar-refractivity contribution in [2.24, 2.45) is 0 Å². The third-order valence-electron chi connectivity index (χ3n) is 4.53. The van der Waals surface area contributed by atoms with E-state index >= 15 is 0 Å². The highest BCUT2D eigenvalue weighted by Crippen LogP contribution is 2.24. The van der Waals surface area contributed by atoms with Crippen molar-refractivity contribution in [1.29, 1.82) is 5.26 Å². The number of nitrogens with one attached hydrogen (secondary N) is 1. The first-order valence-corrected chi connectivity index (χ1v) is 10.2. The Hall–Kier alpha value is -3.60. The molecule has 32 heavy (non-hydrogen) atoms. The maximum Gasteiger partial charge on any atom is 0.328 e. The van der Waals surface area contributed by atoms with Crippen LogP contribution in [0.4, 0.5) is 0 Å². The largest absolute Gasteiger partial charge is 0.467 e. The summed E-state index contributed by atoms with van der Waals surface area (Å²) in [5.74, 6) is -1.15. The molecule has 0 spiro atoms. The number of methoxy groups -OCH3 is 1. The molecule has 9 heteroatoms. The molecule has 0 aliphatic rings. The first-order chi connectivity index (χ1) is 15.4. The minimum Gasteiger partial charge on any atom is -0.467 e. The molecule has 162 valence electrons. The first-order valence-electron chi connectivity index (χ1n) is 9.47. The minimum atomic E-state index is -0.913. The quantitative estimate of drug-likeness (QED) is 0.517. The van der Waals surface area contributed by atoms with Crippen molar-refractivity contribution in [2.75, 3.05) is 7.11 Å². The molecular formula is C23H18Cl2N4O3. The fourth-order valence-electron chi connectivity index (χ4n) is 2.90. The molecular weight excluding hydrogens is 451 g/mol. The first kappa shape index (κ1) is 23.1. The van der Waals surface area contributed by atoms with Gasteiger partial charge in [-0.3, -0.25) is 4.79 Å². The van der Waals surface area contributed by atoms with Crippen molar-refractivity contribution in [3.63, 3.8) is 0 Å². The zero-order valence-corrected chi connectivity index (χ0v) is 18.5. The van der Waals surface area contributed by atoms with E-state index in [2.05, 4.69) is 10.4 Å². The van der Waals surface area contributed by atoms with Gasteiger partial charge in [0, 0.05) is 6.20 Å². The number of nitrogens with zero attached hydrogens (tertiary/aromatic N) is 3. The Kier molecular flexibility index (Phi) is 7.66. The maximum atomic E-state index is 12.6. The third-order valence-corrected chi connectivity index (χ3v) is 5.16. The van der Waals surface area contributed by atoms with E-state index in [0.29, 0.717) is 5.56 Å². The van der Waals surface area contributed by atoms with Crippen LogP contribution in [0.1, 0.15) is 27.9 Å². The van der Waals surface area contributed by atoms with E-state index in [-0.39, 0.29) is 22.0 Å². The molecule has 1 amide bonds. The van der Waals surface area contributed by atoms with E-state index in [1.807, 2.05) is 36.4 Å². The number of esters is 1. The van der Waals surface area contributed by atoms with Gasteiger partial charge in [0.25, 0.3) is 5.91 Å². The molecule has 7 nitrogen and oxygen atoms in total. The van der Waals surface area contributed by atoms with Gasteiger partial charge in [-0.15, -0.1) is 0 Å². The second-order valence-electron chi connectivity index (χ2n) is 6.66. The molecule has 1 unspecified atom stereocenters. The van der Waals surface area contributed by atoms with Crippen LogP contribution in [0.5, 0.6) is 0 Å². The number of nitriles is 1. The lowest BCUT2D eigenvalue weighted by Crippen LogP contribution is -2.41. The average molecular weight is 469 g/mol. The van der Waals surface area contributed by atoms with E-state index in [9.17, 15) is 9.59 Å². The molecule has 3 rings (SSSR count). The highest BCUT2D eigenvalue weighted by molar-refractivity contribution is 6.39. The monoisotopic (exact) mass is 468 g/mol. The van der Waals surface area contributed by atoms with Crippen LogP contribution in [0.3, 0.4) is 0 Å². The molecule has 0 saturated heterocycles. The summed E-state index contributed by atoms with van der Waals surface area (Å²) in [6.07, 6.45) is 6.91. The summed E-state index contributed by atoms with van der Waals surface area (Å²) in [5.41, 5.74) is 2.26. The summed E-state index contributed by atoms with van der Waals surface area (Å²) in [5, 5.41) is 16.0. The van der Waals surface area contributed by atoms with Gasteiger partial charge in [0.05, 0.1) is 40.2 Å². The number of carbonyl (C=O) groups is 2. The van der Waals surface area contributed by atoms with Gasteiger partial charge in [0.1, 0.15) is 12.1 Å². The van der Waals surface area contributed by atoms with Crippen molar-refractivity contribution in [3.05, 3.63) is 87.7 Å². The second kappa shape index (κ2) is 10.6.